The van der Waals surface area contributed by atoms with E-state index in [0.29, 0.717) is 11.9 Å². The second kappa shape index (κ2) is 6.01. The zero-order valence-electron chi connectivity index (χ0n) is 9.81. The van der Waals surface area contributed by atoms with Crippen molar-refractivity contribution in [2.45, 2.75) is 31.7 Å². The summed E-state index contributed by atoms with van der Waals surface area (Å²) in [5.41, 5.74) is 0.724. The fourth-order valence-electron chi connectivity index (χ4n) is 2.35. The monoisotopic (exact) mass is 252 g/mol. The summed E-state index contributed by atoms with van der Waals surface area (Å²) in [6.07, 6.45) is 7.57. The molecule has 3 nitrogen and oxygen atoms in total. The molecule has 1 aromatic rings. The third kappa shape index (κ3) is 2.97. The number of carbonyl (C=O) groups excluding carboxylic acids is 1. The largest absolute Gasteiger partial charge is 0.336 e. The molecule has 4 heteroatoms. The topological polar surface area (TPSA) is 33.2 Å². The first-order chi connectivity index (χ1) is 8.33. The minimum Gasteiger partial charge on any atom is -0.336 e. The number of pyridine rings is 1. The van der Waals surface area contributed by atoms with Crippen molar-refractivity contribution in [2.24, 2.45) is 0 Å². The molecule has 1 fully saturated rings. The Kier molecular flexibility index (Phi) is 4.37. The van der Waals surface area contributed by atoms with Gasteiger partial charge in [0.2, 0.25) is 0 Å². The molecule has 0 N–H and O–H groups in total. The van der Waals surface area contributed by atoms with Gasteiger partial charge in [-0.05, 0) is 37.8 Å². The average Bonchev–Trinajstić information content (AvgIpc) is 2.40. The maximum atomic E-state index is 12.3. The molecule has 0 bridgehead atoms. The molecule has 0 aromatic carbocycles. The van der Waals surface area contributed by atoms with Crippen molar-refractivity contribution < 1.29 is 4.79 Å². The van der Waals surface area contributed by atoms with Crippen LogP contribution in [0, 0.1) is 0 Å². The predicted octanol–water partition coefficient (Wildman–Crippen LogP) is 2.71. The van der Waals surface area contributed by atoms with Crippen LogP contribution in [0.25, 0.3) is 0 Å². The van der Waals surface area contributed by atoms with Crippen LogP contribution < -0.4 is 0 Å². The second-order valence-electron chi connectivity index (χ2n) is 4.36. The minimum absolute atomic E-state index is 0.113. The summed E-state index contributed by atoms with van der Waals surface area (Å²) in [6, 6.07) is 3.85. The van der Waals surface area contributed by atoms with E-state index >= 15 is 0 Å². The molecule has 1 aromatic heterocycles. The third-order valence-electron chi connectivity index (χ3n) is 3.26. The number of piperidine rings is 1. The number of aromatic nitrogens is 1. The van der Waals surface area contributed by atoms with E-state index in [0.717, 1.165) is 31.4 Å². The molecule has 1 saturated heterocycles. The van der Waals surface area contributed by atoms with Crippen LogP contribution in [-0.4, -0.2) is 34.3 Å². The fourth-order valence-corrected chi connectivity index (χ4v) is 2.61. The number of rotatable bonds is 3. The van der Waals surface area contributed by atoms with Gasteiger partial charge >= 0.3 is 0 Å². The normalized spacial score (nSPS) is 20.3. The molecule has 2 rings (SSSR count). The number of carbonyl (C=O) groups is 1. The lowest BCUT2D eigenvalue weighted by molar-refractivity contribution is 0.0609. The highest BCUT2D eigenvalue weighted by molar-refractivity contribution is 6.17. The number of alkyl halides is 1. The van der Waals surface area contributed by atoms with Crippen molar-refractivity contribution in [3.63, 3.8) is 0 Å². The molecule has 1 atom stereocenters. The van der Waals surface area contributed by atoms with Crippen LogP contribution in [0.4, 0.5) is 0 Å². The Labute approximate surface area is 107 Å². The Balaban J connectivity index is 2.11. The van der Waals surface area contributed by atoms with Gasteiger partial charge in [0.1, 0.15) is 0 Å². The van der Waals surface area contributed by atoms with Crippen molar-refractivity contribution in [3.05, 3.63) is 30.1 Å². The van der Waals surface area contributed by atoms with Crippen LogP contribution in [0.15, 0.2) is 24.5 Å². The van der Waals surface area contributed by atoms with Crippen LogP contribution in [0.1, 0.15) is 36.0 Å². The lowest BCUT2D eigenvalue weighted by Crippen LogP contribution is -2.43. The summed E-state index contributed by atoms with van der Waals surface area (Å²) < 4.78 is 0. The summed E-state index contributed by atoms with van der Waals surface area (Å²) >= 11 is 5.80. The predicted molar refractivity (Wildman–Crippen MR) is 68.2 cm³/mol. The lowest BCUT2D eigenvalue weighted by Gasteiger charge is -2.35. The molecule has 0 aliphatic carbocycles. The van der Waals surface area contributed by atoms with Crippen molar-refractivity contribution in [2.75, 3.05) is 12.4 Å². The first-order valence-electron chi connectivity index (χ1n) is 6.10. The second-order valence-corrected chi connectivity index (χ2v) is 4.74. The highest BCUT2D eigenvalue weighted by Gasteiger charge is 2.26. The molecule has 1 unspecified atom stereocenters. The van der Waals surface area contributed by atoms with E-state index in [1.165, 1.54) is 6.42 Å². The summed E-state index contributed by atoms with van der Waals surface area (Å²) in [5, 5.41) is 0. The van der Waals surface area contributed by atoms with E-state index in [4.69, 9.17) is 11.6 Å². The van der Waals surface area contributed by atoms with Crippen molar-refractivity contribution >= 4 is 17.5 Å². The van der Waals surface area contributed by atoms with Crippen molar-refractivity contribution in [1.82, 2.24) is 9.88 Å². The highest BCUT2D eigenvalue weighted by atomic mass is 35.5. The standard InChI is InChI=1S/C13H17ClN2O/c14-7-4-12-3-1-2-10-16(12)13(17)11-5-8-15-9-6-11/h5-6,8-9,12H,1-4,7,10H2. The zero-order valence-corrected chi connectivity index (χ0v) is 10.6. The smallest absolute Gasteiger partial charge is 0.254 e. The molecular formula is C13H17ClN2O. The third-order valence-corrected chi connectivity index (χ3v) is 3.48. The fraction of sp³-hybridized carbons (Fsp3) is 0.538. The maximum Gasteiger partial charge on any atom is 0.254 e. The lowest BCUT2D eigenvalue weighted by atomic mass is 9.99. The highest BCUT2D eigenvalue weighted by Crippen LogP contribution is 2.22. The number of nitrogens with zero attached hydrogens (tertiary/aromatic N) is 2. The van der Waals surface area contributed by atoms with Gasteiger partial charge in [0.15, 0.2) is 0 Å². The molecule has 0 radical (unpaired) electrons. The van der Waals surface area contributed by atoms with E-state index in [-0.39, 0.29) is 5.91 Å². The number of hydrogen-bond acceptors (Lipinski definition) is 2. The average molecular weight is 253 g/mol. The van der Waals surface area contributed by atoms with Crippen LogP contribution >= 0.6 is 11.6 Å². The summed E-state index contributed by atoms with van der Waals surface area (Å²) in [5.74, 6) is 0.729. The quantitative estimate of drug-likeness (QED) is 0.775. The van der Waals surface area contributed by atoms with E-state index in [2.05, 4.69) is 4.98 Å². The molecule has 17 heavy (non-hydrogen) atoms. The van der Waals surface area contributed by atoms with Gasteiger partial charge in [0.25, 0.3) is 5.91 Å². The maximum absolute atomic E-state index is 12.3. The van der Waals surface area contributed by atoms with Crippen LogP contribution in [0.3, 0.4) is 0 Å². The number of halogens is 1. The summed E-state index contributed by atoms with van der Waals surface area (Å²) in [6.45, 7) is 0.850. The Morgan fingerprint density at radius 2 is 2.18 bits per heavy atom. The van der Waals surface area contributed by atoms with E-state index in [1.54, 1.807) is 24.5 Å². The first kappa shape index (κ1) is 12.4. The molecule has 1 aliphatic heterocycles. The van der Waals surface area contributed by atoms with Crippen molar-refractivity contribution in [3.8, 4) is 0 Å². The van der Waals surface area contributed by atoms with Crippen LogP contribution in [-0.2, 0) is 0 Å². The SMILES string of the molecule is O=C(c1ccncc1)N1CCCCC1CCCl. The Morgan fingerprint density at radius 3 is 2.88 bits per heavy atom. The zero-order chi connectivity index (χ0) is 12.1. The molecule has 0 spiro atoms. The molecule has 1 amide bonds. The van der Waals surface area contributed by atoms with Gasteiger partial charge in [-0.25, -0.2) is 0 Å². The number of amides is 1. The molecule has 0 saturated carbocycles. The Hall–Kier alpha value is -1.09. The van der Waals surface area contributed by atoms with E-state index < -0.39 is 0 Å². The van der Waals surface area contributed by atoms with E-state index in [9.17, 15) is 4.79 Å². The van der Waals surface area contributed by atoms with Crippen LogP contribution in [0.2, 0.25) is 0 Å². The molecule has 92 valence electrons. The summed E-state index contributed by atoms with van der Waals surface area (Å²) in [7, 11) is 0. The molecular weight excluding hydrogens is 236 g/mol. The Bertz CT molecular complexity index is 367. The van der Waals surface area contributed by atoms with Gasteiger partial charge in [0, 0.05) is 36.4 Å². The van der Waals surface area contributed by atoms with Crippen molar-refractivity contribution in [1.29, 1.82) is 0 Å². The van der Waals surface area contributed by atoms with Gasteiger partial charge in [-0.15, -0.1) is 11.6 Å². The minimum atomic E-state index is 0.113. The van der Waals surface area contributed by atoms with E-state index in [1.807, 2.05) is 4.90 Å². The Morgan fingerprint density at radius 1 is 1.41 bits per heavy atom. The number of hydrogen-bond donors (Lipinski definition) is 0. The van der Waals surface area contributed by atoms with Gasteiger partial charge in [-0.2, -0.15) is 0 Å². The van der Waals surface area contributed by atoms with Gasteiger partial charge in [-0.3, -0.25) is 9.78 Å². The van der Waals surface area contributed by atoms with Gasteiger partial charge in [-0.1, -0.05) is 0 Å². The number of likely N-dealkylation sites (tertiary alicyclic amines) is 1. The summed E-state index contributed by atoms with van der Waals surface area (Å²) in [4.78, 5) is 18.2. The first-order valence-corrected chi connectivity index (χ1v) is 6.63. The molecule has 1 aliphatic rings. The molecule has 2 heterocycles. The van der Waals surface area contributed by atoms with Gasteiger partial charge in [0.05, 0.1) is 0 Å². The van der Waals surface area contributed by atoms with Crippen LogP contribution in [0.5, 0.6) is 0 Å². The van der Waals surface area contributed by atoms with Gasteiger partial charge < -0.3 is 4.90 Å².